The standard InChI is InChI=1S/C12H25N3/c1-10(8-14(2)3)15-7-6-12(9-15)13-11-4-5-11/h10-13H,4-9H2,1-3H3. The van der Waals surface area contributed by atoms with Gasteiger partial charge in [-0.05, 0) is 40.3 Å². The summed E-state index contributed by atoms with van der Waals surface area (Å²) in [6.07, 6.45) is 4.15. The average molecular weight is 211 g/mol. The van der Waals surface area contributed by atoms with Crippen LogP contribution in [0.15, 0.2) is 0 Å². The normalized spacial score (nSPS) is 30.0. The summed E-state index contributed by atoms with van der Waals surface area (Å²) in [4.78, 5) is 4.91. The van der Waals surface area contributed by atoms with Gasteiger partial charge in [-0.1, -0.05) is 0 Å². The average Bonchev–Trinajstić information content (AvgIpc) is 2.80. The summed E-state index contributed by atoms with van der Waals surface area (Å²) in [5.74, 6) is 0. The van der Waals surface area contributed by atoms with Crippen molar-refractivity contribution in [2.24, 2.45) is 0 Å². The van der Waals surface area contributed by atoms with Crippen LogP contribution >= 0.6 is 0 Å². The zero-order chi connectivity index (χ0) is 10.8. The molecular formula is C12H25N3. The molecule has 1 aliphatic carbocycles. The molecule has 1 aliphatic heterocycles. The molecule has 15 heavy (non-hydrogen) atoms. The van der Waals surface area contributed by atoms with Crippen molar-refractivity contribution in [3.63, 3.8) is 0 Å². The van der Waals surface area contributed by atoms with Crippen molar-refractivity contribution in [2.75, 3.05) is 33.7 Å². The lowest BCUT2D eigenvalue weighted by atomic mass is 10.2. The van der Waals surface area contributed by atoms with E-state index in [1.165, 1.54) is 38.9 Å². The summed E-state index contributed by atoms with van der Waals surface area (Å²) in [6.45, 7) is 6.06. The minimum Gasteiger partial charge on any atom is -0.310 e. The quantitative estimate of drug-likeness (QED) is 0.724. The molecule has 1 saturated heterocycles. The number of nitrogens with zero attached hydrogens (tertiary/aromatic N) is 2. The molecule has 0 spiro atoms. The first-order valence-electron chi connectivity index (χ1n) is 6.30. The second-order valence-corrected chi connectivity index (χ2v) is 5.53. The second kappa shape index (κ2) is 4.81. The summed E-state index contributed by atoms with van der Waals surface area (Å²) < 4.78 is 0. The van der Waals surface area contributed by atoms with E-state index in [0.717, 1.165) is 12.1 Å². The highest BCUT2D eigenvalue weighted by Crippen LogP contribution is 2.22. The van der Waals surface area contributed by atoms with Gasteiger partial charge in [0.05, 0.1) is 0 Å². The number of hydrogen-bond acceptors (Lipinski definition) is 3. The van der Waals surface area contributed by atoms with Crippen LogP contribution in [-0.4, -0.2) is 61.7 Å². The molecule has 2 aliphatic rings. The maximum atomic E-state index is 3.74. The van der Waals surface area contributed by atoms with Crippen molar-refractivity contribution >= 4 is 0 Å². The number of nitrogens with one attached hydrogen (secondary N) is 1. The Kier molecular flexibility index (Phi) is 3.65. The van der Waals surface area contributed by atoms with Crippen LogP contribution in [0.2, 0.25) is 0 Å². The fraction of sp³-hybridized carbons (Fsp3) is 1.00. The van der Waals surface area contributed by atoms with Gasteiger partial charge in [0.1, 0.15) is 0 Å². The van der Waals surface area contributed by atoms with Crippen LogP contribution in [0, 0.1) is 0 Å². The van der Waals surface area contributed by atoms with Crippen molar-refractivity contribution < 1.29 is 0 Å². The molecule has 2 fully saturated rings. The first-order chi connectivity index (χ1) is 7.15. The molecular weight excluding hydrogens is 186 g/mol. The van der Waals surface area contributed by atoms with Crippen molar-refractivity contribution in [1.29, 1.82) is 0 Å². The van der Waals surface area contributed by atoms with E-state index >= 15 is 0 Å². The Morgan fingerprint density at radius 3 is 2.60 bits per heavy atom. The van der Waals surface area contributed by atoms with Gasteiger partial charge in [-0.3, -0.25) is 4.90 Å². The largest absolute Gasteiger partial charge is 0.310 e. The maximum absolute atomic E-state index is 3.74. The van der Waals surface area contributed by atoms with Gasteiger partial charge in [-0.15, -0.1) is 0 Å². The number of hydrogen-bond donors (Lipinski definition) is 1. The van der Waals surface area contributed by atoms with E-state index in [9.17, 15) is 0 Å². The molecule has 2 atom stereocenters. The van der Waals surface area contributed by atoms with E-state index in [2.05, 4.69) is 36.1 Å². The molecule has 0 aromatic heterocycles. The number of likely N-dealkylation sites (tertiary alicyclic amines) is 1. The molecule has 0 aromatic carbocycles. The third kappa shape index (κ3) is 3.44. The van der Waals surface area contributed by atoms with Crippen LogP contribution in [0.4, 0.5) is 0 Å². The Bertz CT molecular complexity index is 201. The van der Waals surface area contributed by atoms with E-state index < -0.39 is 0 Å². The topological polar surface area (TPSA) is 18.5 Å². The molecule has 1 heterocycles. The fourth-order valence-corrected chi connectivity index (χ4v) is 2.55. The van der Waals surface area contributed by atoms with Gasteiger partial charge in [0, 0.05) is 37.8 Å². The number of likely N-dealkylation sites (N-methyl/N-ethyl adjacent to an activating group) is 1. The Morgan fingerprint density at radius 2 is 2.00 bits per heavy atom. The Labute approximate surface area is 93.8 Å². The monoisotopic (exact) mass is 211 g/mol. The van der Waals surface area contributed by atoms with Crippen molar-refractivity contribution in [1.82, 2.24) is 15.1 Å². The summed E-state index contributed by atoms with van der Waals surface area (Å²) in [5, 5.41) is 3.74. The third-order valence-corrected chi connectivity index (χ3v) is 3.52. The zero-order valence-corrected chi connectivity index (χ0v) is 10.4. The minimum atomic E-state index is 0.700. The minimum absolute atomic E-state index is 0.700. The van der Waals surface area contributed by atoms with Gasteiger partial charge < -0.3 is 10.2 Å². The lowest BCUT2D eigenvalue weighted by molar-refractivity contribution is 0.205. The summed E-state index contributed by atoms with van der Waals surface area (Å²) in [7, 11) is 4.32. The molecule has 3 nitrogen and oxygen atoms in total. The summed E-state index contributed by atoms with van der Waals surface area (Å²) >= 11 is 0. The maximum Gasteiger partial charge on any atom is 0.0209 e. The van der Waals surface area contributed by atoms with Gasteiger partial charge in [-0.2, -0.15) is 0 Å². The van der Waals surface area contributed by atoms with Crippen molar-refractivity contribution in [3.05, 3.63) is 0 Å². The van der Waals surface area contributed by atoms with E-state index in [0.29, 0.717) is 6.04 Å². The molecule has 88 valence electrons. The van der Waals surface area contributed by atoms with Crippen LogP contribution in [0.25, 0.3) is 0 Å². The molecule has 1 N–H and O–H groups in total. The Morgan fingerprint density at radius 1 is 1.27 bits per heavy atom. The molecule has 1 saturated carbocycles. The lowest BCUT2D eigenvalue weighted by Crippen LogP contribution is -2.41. The Balaban J connectivity index is 1.70. The van der Waals surface area contributed by atoms with Gasteiger partial charge in [0.25, 0.3) is 0 Å². The SMILES string of the molecule is CC(CN(C)C)N1CCC(NC2CC2)C1. The highest BCUT2D eigenvalue weighted by atomic mass is 15.2. The predicted octanol–water partition coefficient (Wildman–Crippen LogP) is 0.763. The molecule has 0 aromatic rings. The van der Waals surface area contributed by atoms with Gasteiger partial charge in [0.15, 0.2) is 0 Å². The van der Waals surface area contributed by atoms with Crippen LogP contribution in [-0.2, 0) is 0 Å². The first-order valence-corrected chi connectivity index (χ1v) is 6.30. The second-order valence-electron chi connectivity index (χ2n) is 5.53. The molecule has 2 unspecified atom stereocenters. The van der Waals surface area contributed by atoms with Crippen molar-refractivity contribution in [2.45, 2.75) is 44.3 Å². The Hall–Kier alpha value is -0.120. The molecule has 0 amide bonds. The smallest absolute Gasteiger partial charge is 0.0209 e. The summed E-state index contributed by atoms with van der Waals surface area (Å²) in [6, 6.07) is 2.33. The van der Waals surface area contributed by atoms with Gasteiger partial charge in [0.2, 0.25) is 0 Å². The molecule has 0 bridgehead atoms. The summed E-state index contributed by atoms with van der Waals surface area (Å²) in [5.41, 5.74) is 0. The third-order valence-electron chi connectivity index (χ3n) is 3.52. The zero-order valence-electron chi connectivity index (χ0n) is 10.4. The van der Waals surface area contributed by atoms with Crippen LogP contribution in [0.3, 0.4) is 0 Å². The molecule has 3 heteroatoms. The van der Waals surface area contributed by atoms with E-state index in [1.54, 1.807) is 0 Å². The van der Waals surface area contributed by atoms with E-state index in [-0.39, 0.29) is 0 Å². The fourth-order valence-electron chi connectivity index (χ4n) is 2.55. The van der Waals surface area contributed by atoms with Crippen LogP contribution in [0.5, 0.6) is 0 Å². The van der Waals surface area contributed by atoms with Crippen LogP contribution < -0.4 is 5.32 Å². The first kappa shape index (κ1) is 11.4. The molecule has 0 radical (unpaired) electrons. The highest BCUT2D eigenvalue weighted by molar-refractivity contribution is 4.90. The van der Waals surface area contributed by atoms with E-state index in [4.69, 9.17) is 0 Å². The van der Waals surface area contributed by atoms with Crippen molar-refractivity contribution in [3.8, 4) is 0 Å². The number of rotatable bonds is 5. The molecule has 2 rings (SSSR count). The lowest BCUT2D eigenvalue weighted by Gasteiger charge is -2.27. The van der Waals surface area contributed by atoms with Gasteiger partial charge in [-0.25, -0.2) is 0 Å². The van der Waals surface area contributed by atoms with Crippen LogP contribution in [0.1, 0.15) is 26.2 Å². The van der Waals surface area contributed by atoms with Gasteiger partial charge >= 0.3 is 0 Å². The predicted molar refractivity (Wildman–Crippen MR) is 64.2 cm³/mol. The highest BCUT2D eigenvalue weighted by Gasteiger charge is 2.30. The van der Waals surface area contributed by atoms with E-state index in [1.807, 2.05) is 0 Å².